The van der Waals surface area contributed by atoms with Crippen molar-refractivity contribution in [3.05, 3.63) is 126 Å². The van der Waals surface area contributed by atoms with Gasteiger partial charge in [0.15, 0.2) is 0 Å². The minimum atomic E-state index is -0.0664. The third-order valence-electron chi connectivity index (χ3n) is 6.84. The first-order chi connectivity index (χ1) is 16.7. The average Bonchev–Trinajstić information content (AvgIpc) is 3.22. The van der Waals surface area contributed by atoms with Crippen LogP contribution in [0.3, 0.4) is 0 Å². The van der Waals surface area contributed by atoms with E-state index in [-0.39, 0.29) is 18.7 Å². The largest absolute Gasteiger partial charge is 0.390 e. The van der Waals surface area contributed by atoms with Gasteiger partial charge in [-0.15, -0.1) is 0 Å². The molecule has 0 bridgehead atoms. The van der Waals surface area contributed by atoms with Gasteiger partial charge in [-0.1, -0.05) is 98.8 Å². The Morgan fingerprint density at radius 2 is 1.21 bits per heavy atom. The predicted octanol–water partition coefficient (Wildman–Crippen LogP) is 6.17. The molecule has 0 amide bonds. The second-order valence-corrected chi connectivity index (χ2v) is 9.24. The van der Waals surface area contributed by atoms with Gasteiger partial charge in [-0.3, -0.25) is 0 Å². The van der Waals surface area contributed by atoms with E-state index in [1.807, 2.05) is 12.3 Å². The SMILES string of the molecule is CCc1cccc(CC)c1N1B([Si])N(c2ccccn2)[C@@H](c2ccccc2)[C@@H]1c1ccccc1. The fourth-order valence-electron chi connectivity index (χ4n) is 5.31. The quantitative estimate of drug-likeness (QED) is 0.322. The van der Waals surface area contributed by atoms with Crippen LogP contribution in [0.2, 0.25) is 0 Å². The molecule has 0 unspecified atom stereocenters. The first-order valence-electron chi connectivity index (χ1n) is 12.1. The smallest absolute Gasteiger partial charge is 0.347 e. The third kappa shape index (κ3) is 3.94. The molecule has 2 atom stereocenters. The van der Waals surface area contributed by atoms with E-state index in [0.29, 0.717) is 0 Å². The van der Waals surface area contributed by atoms with Gasteiger partial charge in [-0.25, -0.2) is 4.98 Å². The molecule has 1 saturated heterocycles. The Kier molecular flexibility index (Phi) is 6.55. The predicted molar refractivity (Wildman–Crippen MR) is 144 cm³/mol. The summed E-state index contributed by atoms with van der Waals surface area (Å²) in [5.41, 5.74) is 6.66. The molecule has 1 aliphatic heterocycles. The van der Waals surface area contributed by atoms with Gasteiger partial charge in [0.1, 0.15) is 5.82 Å². The second-order valence-electron chi connectivity index (χ2n) is 8.72. The highest BCUT2D eigenvalue weighted by atomic mass is 28.1. The first-order valence-corrected chi connectivity index (χ1v) is 12.7. The summed E-state index contributed by atoms with van der Waals surface area (Å²) in [5.74, 6) is 0.965. The molecule has 0 N–H and O–H groups in total. The van der Waals surface area contributed by atoms with E-state index in [9.17, 15) is 0 Å². The maximum absolute atomic E-state index is 4.80. The van der Waals surface area contributed by atoms with Gasteiger partial charge >= 0.3 is 6.57 Å². The Morgan fingerprint density at radius 1 is 0.676 bits per heavy atom. The zero-order valence-electron chi connectivity index (χ0n) is 19.8. The molecule has 0 saturated carbocycles. The molecule has 4 aromatic rings. The molecule has 1 fully saturated rings. The van der Waals surface area contributed by atoms with Crippen LogP contribution in [0.15, 0.2) is 103 Å². The van der Waals surface area contributed by atoms with Crippen LogP contribution >= 0.6 is 0 Å². The van der Waals surface area contributed by atoms with Gasteiger partial charge < -0.3 is 9.62 Å². The fraction of sp³-hybridized carbons (Fsp3) is 0.207. The highest BCUT2D eigenvalue weighted by molar-refractivity contribution is 7.08. The molecule has 167 valence electrons. The van der Waals surface area contributed by atoms with Gasteiger partial charge in [-0.2, -0.15) is 0 Å². The van der Waals surface area contributed by atoms with Crippen molar-refractivity contribution >= 4 is 28.2 Å². The zero-order valence-corrected chi connectivity index (χ0v) is 20.8. The Bertz CT molecular complexity index is 1200. The summed E-state index contributed by atoms with van der Waals surface area (Å²) >= 11 is 0. The van der Waals surface area contributed by atoms with E-state index in [4.69, 9.17) is 4.98 Å². The summed E-state index contributed by atoms with van der Waals surface area (Å²) in [4.78, 5) is 9.80. The van der Waals surface area contributed by atoms with Crippen molar-refractivity contribution in [1.82, 2.24) is 4.98 Å². The first kappa shape index (κ1) is 22.5. The van der Waals surface area contributed by atoms with E-state index in [1.54, 1.807) is 0 Å². The van der Waals surface area contributed by atoms with Crippen LogP contribution in [0.4, 0.5) is 11.5 Å². The number of para-hydroxylation sites is 1. The molecular formula is C29H29BN3Si. The molecule has 5 heteroatoms. The van der Waals surface area contributed by atoms with Crippen molar-refractivity contribution in [2.24, 2.45) is 0 Å². The van der Waals surface area contributed by atoms with Crippen LogP contribution in [-0.4, -0.2) is 21.7 Å². The molecule has 34 heavy (non-hydrogen) atoms. The minimum Gasteiger partial charge on any atom is -0.390 e. The molecule has 3 nitrogen and oxygen atoms in total. The van der Waals surface area contributed by atoms with Gasteiger partial charge in [0, 0.05) is 22.0 Å². The van der Waals surface area contributed by atoms with Crippen molar-refractivity contribution in [2.45, 2.75) is 38.8 Å². The Morgan fingerprint density at radius 3 is 1.71 bits per heavy atom. The average molecular weight is 458 g/mol. The van der Waals surface area contributed by atoms with E-state index in [0.717, 1.165) is 18.7 Å². The Labute approximate surface area is 207 Å². The number of nitrogens with zero attached hydrogens (tertiary/aromatic N) is 3. The molecule has 0 aliphatic carbocycles. The highest BCUT2D eigenvalue weighted by Crippen LogP contribution is 2.50. The molecule has 1 aromatic heterocycles. The van der Waals surface area contributed by atoms with Crippen molar-refractivity contribution < 1.29 is 0 Å². The monoisotopic (exact) mass is 458 g/mol. The van der Waals surface area contributed by atoms with Crippen molar-refractivity contribution in [1.29, 1.82) is 0 Å². The molecule has 1 aliphatic rings. The number of hydrogen-bond donors (Lipinski definition) is 0. The van der Waals surface area contributed by atoms with Gasteiger partial charge in [0.25, 0.3) is 0 Å². The van der Waals surface area contributed by atoms with Crippen LogP contribution in [0.25, 0.3) is 0 Å². The summed E-state index contributed by atoms with van der Waals surface area (Å²) in [6, 6.07) is 34.8. The van der Waals surface area contributed by atoms with Crippen molar-refractivity contribution in [3.8, 4) is 0 Å². The molecule has 3 radical (unpaired) electrons. The summed E-state index contributed by atoms with van der Waals surface area (Å²) in [6.45, 7) is 4.43. The summed E-state index contributed by atoms with van der Waals surface area (Å²) in [5, 5.41) is 0. The lowest BCUT2D eigenvalue weighted by Gasteiger charge is -2.34. The van der Waals surface area contributed by atoms with Crippen LogP contribution < -0.4 is 9.62 Å². The van der Waals surface area contributed by atoms with E-state index >= 15 is 0 Å². The number of rotatable bonds is 6. The second kappa shape index (κ2) is 9.90. The number of anilines is 2. The normalized spacial score (nSPS) is 17.9. The number of hydrogen-bond acceptors (Lipinski definition) is 3. The standard InChI is InChI=1S/C29H29BN3Si/c1-3-22-18-13-19-23(4-2)27(22)33-29(25-16-9-6-10-17-25)28(24-14-7-5-8-15-24)32(30(33)34)26-20-11-12-21-31-26/h5-21,28-29H,3-4H2,1-2H3/t28-,29-/m0/s1. The van der Waals surface area contributed by atoms with Crippen LogP contribution in [-0.2, 0) is 12.8 Å². The lowest BCUT2D eigenvalue weighted by atomic mass is 9.91. The Balaban J connectivity index is 1.79. The lowest BCUT2D eigenvalue weighted by molar-refractivity contribution is 0.613. The molecule has 2 heterocycles. The van der Waals surface area contributed by atoms with Gasteiger partial charge in [-0.05, 0) is 47.2 Å². The lowest BCUT2D eigenvalue weighted by Crippen LogP contribution is -2.46. The van der Waals surface area contributed by atoms with E-state index < -0.39 is 0 Å². The van der Waals surface area contributed by atoms with Crippen LogP contribution in [0.5, 0.6) is 0 Å². The Hall–Kier alpha value is -3.31. The zero-order chi connectivity index (χ0) is 23.5. The molecule has 0 spiro atoms. The molecule has 3 aromatic carbocycles. The number of aryl methyl sites for hydroxylation is 2. The number of aromatic nitrogens is 1. The number of benzene rings is 3. The summed E-state index contributed by atoms with van der Waals surface area (Å²) in [6.07, 6.45) is 3.85. The fourth-order valence-corrected chi connectivity index (χ4v) is 5.89. The maximum Gasteiger partial charge on any atom is 0.347 e. The van der Waals surface area contributed by atoms with E-state index in [2.05, 4.69) is 125 Å². The summed E-state index contributed by atoms with van der Waals surface area (Å²) in [7, 11) is 4.23. The summed E-state index contributed by atoms with van der Waals surface area (Å²) < 4.78 is 0. The third-order valence-corrected chi connectivity index (χ3v) is 7.40. The van der Waals surface area contributed by atoms with Crippen LogP contribution in [0, 0.1) is 0 Å². The van der Waals surface area contributed by atoms with Gasteiger partial charge in [0.05, 0.1) is 12.1 Å². The maximum atomic E-state index is 4.80. The van der Waals surface area contributed by atoms with E-state index in [1.165, 1.54) is 27.9 Å². The minimum absolute atomic E-state index is 0.0664. The molecule has 5 rings (SSSR count). The highest BCUT2D eigenvalue weighted by Gasteiger charge is 2.50. The topological polar surface area (TPSA) is 19.4 Å². The molecular weight excluding hydrogens is 429 g/mol. The van der Waals surface area contributed by atoms with Crippen molar-refractivity contribution in [2.75, 3.05) is 9.62 Å². The van der Waals surface area contributed by atoms with Crippen molar-refractivity contribution in [3.63, 3.8) is 0 Å². The van der Waals surface area contributed by atoms with Crippen LogP contribution in [0.1, 0.15) is 48.2 Å². The van der Waals surface area contributed by atoms with Gasteiger partial charge in [0.2, 0.25) is 0 Å². The number of pyridine rings is 1.